The molecule has 0 spiro atoms. The second kappa shape index (κ2) is 9.04. The minimum absolute atomic E-state index is 0.195. The van der Waals surface area contributed by atoms with Crippen LogP contribution in [0.3, 0.4) is 0 Å². The van der Waals surface area contributed by atoms with Gasteiger partial charge in [0, 0.05) is 6.54 Å². The molecule has 22 heavy (non-hydrogen) atoms. The molecule has 0 aliphatic heterocycles. The second-order valence-corrected chi connectivity index (χ2v) is 5.44. The van der Waals surface area contributed by atoms with Gasteiger partial charge in [0.25, 0.3) is 0 Å². The van der Waals surface area contributed by atoms with E-state index in [0.717, 1.165) is 18.5 Å². The number of amides is 2. The Hall–Kier alpha value is -2.08. The van der Waals surface area contributed by atoms with E-state index in [1.165, 1.54) is 7.11 Å². The molecule has 6 heteroatoms. The molecule has 2 amide bonds. The van der Waals surface area contributed by atoms with Gasteiger partial charge in [0.15, 0.2) is 0 Å². The normalized spacial score (nSPS) is 10.4. The molecule has 0 fully saturated rings. The molecule has 0 bridgehead atoms. The third kappa shape index (κ3) is 6.58. The van der Waals surface area contributed by atoms with Crippen molar-refractivity contribution in [2.75, 3.05) is 39.6 Å². The molecule has 0 radical (unpaired) electrons. The molecule has 0 aliphatic rings. The van der Waals surface area contributed by atoms with Gasteiger partial charge in [-0.3, -0.25) is 9.59 Å². The number of hydrogen-bond acceptors (Lipinski definition) is 4. The largest absolute Gasteiger partial charge is 0.495 e. The van der Waals surface area contributed by atoms with Crippen LogP contribution < -0.4 is 15.4 Å². The summed E-state index contributed by atoms with van der Waals surface area (Å²) < 4.78 is 5.19. The minimum atomic E-state index is -0.353. The summed E-state index contributed by atoms with van der Waals surface area (Å²) in [5.74, 6) is -0.0535. The highest BCUT2D eigenvalue weighted by atomic mass is 16.5. The minimum Gasteiger partial charge on any atom is -0.495 e. The summed E-state index contributed by atoms with van der Waals surface area (Å²) in [4.78, 5) is 25.6. The molecule has 0 heterocycles. The molecule has 0 saturated carbocycles. The lowest BCUT2D eigenvalue weighted by molar-refractivity contribution is -0.126. The van der Waals surface area contributed by atoms with Crippen LogP contribution in [0.2, 0.25) is 0 Å². The lowest BCUT2D eigenvalue weighted by Crippen LogP contribution is -2.30. The van der Waals surface area contributed by atoms with Gasteiger partial charge in [0.05, 0.1) is 12.8 Å². The summed E-state index contributed by atoms with van der Waals surface area (Å²) in [7, 11) is 5.49. The van der Waals surface area contributed by atoms with Gasteiger partial charge in [0.2, 0.25) is 11.8 Å². The summed E-state index contributed by atoms with van der Waals surface area (Å²) in [5, 5.41) is 5.45. The van der Waals surface area contributed by atoms with Crippen LogP contribution in [0.1, 0.15) is 18.4 Å². The number of carbonyl (C=O) groups is 2. The summed E-state index contributed by atoms with van der Waals surface area (Å²) >= 11 is 0. The maximum Gasteiger partial charge on any atom is 0.233 e. The predicted molar refractivity (Wildman–Crippen MR) is 87.2 cm³/mol. The highest BCUT2D eigenvalue weighted by Gasteiger charge is 2.12. The van der Waals surface area contributed by atoms with Crippen molar-refractivity contribution in [3.63, 3.8) is 0 Å². The van der Waals surface area contributed by atoms with E-state index < -0.39 is 0 Å². The van der Waals surface area contributed by atoms with E-state index in [0.29, 0.717) is 18.0 Å². The van der Waals surface area contributed by atoms with Crippen molar-refractivity contribution in [2.24, 2.45) is 0 Å². The summed E-state index contributed by atoms with van der Waals surface area (Å²) in [6.45, 7) is 3.39. The van der Waals surface area contributed by atoms with Gasteiger partial charge in [-0.1, -0.05) is 6.07 Å². The Morgan fingerprint density at radius 3 is 2.59 bits per heavy atom. The lowest BCUT2D eigenvalue weighted by atomic mass is 10.2. The van der Waals surface area contributed by atoms with Crippen LogP contribution in [0.15, 0.2) is 18.2 Å². The fraction of sp³-hybridized carbons (Fsp3) is 0.500. The first kappa shape index (κ1) is 18.0. The molecule has 2 N–H and O–H groups in total. The van der Waals surface area contributed by atoms with Crippen LogP contribution >= 0.6 is 0 Å². The first-order valence-corrected chi connectivity index (χ1v) is 7.28. The zero-order valence-electron chi connectivity index (χ0n) is 13.7. The fourth-order valence-electron chi connectivity index (χ4n) is 1.95. The van der Waals surface area contributed by atoms with Gasteiger partial charge in [-0.15, -0.1) is 0 Å². The van der Waals surface area contributed by atoms with E-state index in [9.17, 15) is 9.59 Å². The van der Waals surface area contributed by atoms with Crippen LogP contribution in [-0.2, 0) is 9.59 Å². The van der Waals surface area contributed by atoms with Crippen molar-refractivity contribution < 1.29 is 14.3 Å². The Kier molecular flexibility index (Phi) is 7.39. The predicted octanol–water partition coefficient (Wildman–Crippen LogP) is 1.40. The zero-order valence-corrected chi connectivity index (χ0v) is 13.7. The molecule has 0 atom stereocenters. The van der Waals surface area contributed by atoms with Gasteiger partial charge in [-0.2, -0.15) is 0 Å². The van der Waals surface area contributed by atoms with E-state index in [1.807, 2.05) is 38.1 Å². The quantitative estimate of drug-likeness (QED) is 0.562. The molecule has 6 nitrogen and oxygen atoms in total. The van der Waals surface area contributed by atoms with E-state index in [1.54, 1.807) is 6.07 Å². The van der Waals surface area contributed by atoms with Crippen LogP contribution in [0, 0.1) is 6.92 Å². The standard InChI is InChI=1S/C16H25N3O3/c1-12-6-7-14(22-4)13(10-12)18-16(21)11-15(20)17-8-5-9-19(2)3/h6-7,10H,5,8-9,11H2,1-4H3,(H,17,20)(H,18,21). The van der Waals surface area contributed by atoms with Gasteiger partial charge in [-0.05, 0) is 51.7 Å². The molecule has 1 rings (SSSR count). The molecule has 0 saturated heterocycles. The molecule has 1 aromatic rings. The Morgan fingerprint density at radius 1 is 1.23 bits per heavy atom. The number of nitrogens with one attached hydrogen (secondary N) is 2. The third-order valence-corrected chi connectivity index (χ3v) is 3.05. The lowest BCUT2D eigenvalue weighted by Gasteiger charge is -2.12. The van der Waals surface area contributed by atoms with Gasteiger partial charge in [-0.25, -0.2) is 0 Å². The van der Waals surface area contributed by atoms with Crippen LogP contribution in [-0.4, -0.2) is 51.0 Å². The Labute approximate surface area is 131 Å². The van der Waals surface area contributed by atoms with Crippen molar-refractivity contribution in [1.82, 2.24) is 10.2 Å². The number of benzene rings is 1. The number of aryl methyl sites for hydroxylation is 1. The molecular weight excluding hydrogens is 282 g/mol. The number of methoxy groups -OCH3 is 1. The highest BCUT2D eigenvalue weighted by Crippen LogP contribution is 2.25. The summed E-state index contributed by atoms with van der Waals surface area (Å²) in [5.41, 5.74) is 1.58. The molecule has 0 aromatic heterocycles. The zero-order chi connectivity index (χ0) is 16.5. The topological polar surface area (TPSA) is 70.7 Å². The number of anilines is 1. The number of nitrogens with zero attached hydrogens (tertiary/aromatic N) is 1. The van der Waals surface area contributed by atoms with E-state index in [2.05, 4.69) is 10.6 Å². The Morgan fingerprint density at radius 2 is 1.95 bits per heavy atom. The number of ether oxygens (including phenoxy) is 1. The maximum absolute atomic E-state index is 11.9. The van der Waals surface area contributed by atoms with E-state index in [4.69, 9.17) is 4.74 Å². The average molecular weight is 307 g/mol. The molecule has 0 aliphatic carbocycles. The average Bonchev–Trinajstić information content (AvgIpc) is 2.43. The van der Waals surface area contributed by atoms with Gasteiger partial charge < -0.3 is 20.3 Å². The van der Waals surface area contributed by atoms with Crippen molar-refractivity contribution in [1.29, 1.82) is 0 Å². The first-order chi connectivity index (χ1) is 10.4. The monoisotopic (exact) mass is 307 g/mol. The number of rotatable bonds is 8. The second-order valence-electron chi connectivity index (χ2n) is 5.44. The Bertz CT molecular complexity index is 515. The Balaban J connectivity index is 2.42. The molecule has 122 valence electrons. The summed E-state index contributed by atoms with van der Waals surface area (Å²) in [6, 6.07) is 5.49. The molecule has 0 unspecified atom stereocenters. The smallest absolute Gasteiger partial charge is 0.233 e. The number of carbonyl (C=O) groups excluding carboxylic acids is 2. The molecule has 1 aromatic carbocycles. The SMILES string of the molecule is COc1ccc(C)cc1NC(=O)CC(=O)NCCCN(C)C. The van der Waals surface area contributed by atoms with Crippen LogP contribution in [0.4, 0.5) is 5.69 Å². The van der Waals surface area contributed by atoms with E-state index in [-0.39, 0.29) is 18.2 Å². The third-order valence-electron chi connectivity index (χ3n) is 3.05. The van der Waals surface area contributed by atoms with Crippen molar-refractivity contribution in [3.8, 4) is 5.75 Å². The maximum atomic E-state index is 11.9. The fourth-order valence-corrected chi connectivity index (χ4v) is 1.95. The first-order valence-electron chi connectivity index (χ1n) is 7.28. The van der Waals surface area contributed by atoms with E-state index >= 15 is 0 Å². The number of hydrogen-bond donors (Lipinski definition) is 2. The van der Waals surface area contributed by atoms with Gasteiger partial charge in [0.1, 0.15) is 12.2 Å². The highest BCUT2D eigenvalue weighted by molar-refractivity contribution is 6.04. The van der Waals surface area contributed by atoms with Gasteiger partial charge >= 0.3 is 0 Å². The van der Waals surface area contributed by atoms with Crippen LogP contribution in [0.5, 0.6) is 5.75 Å². The van der Waals surface area contributed by atoms with Crippen molar-refractivity contribution in [3.05, 3.63) is 23.8 Å². The van der Waals surface area contributed by atoms with Crippen molar-refractivity contribution >= 4 is 17.5 Å². The van der Waals surface area contributed by atoms with Crippen molar-refractivity contribution in [2.45, 2.75) is 19.8 Å². The van der Waals surface area contributed by atoms with Crippen LogP contribution in [0.25, 0.3) is 0 Å². The summed E-state index contributed by atoms with van der Waals surface area (Å²) in [6.07, 6.45) is 0.658. The molecular formula is C16H25N3O3.